The number of ether oxygens (including phenoxy) is 1. The van der Waals surface area contributed by atoms with Crippen LogP contribution in [0.25, 0.3) is 0 Å². The highest BCUT2D eigenvalue weighted by molar-refractivity contribution is 6.25. The molecule has 1 aromatic carbocycles. The van der Waals surface area contributed by atoms with Gasteiger partial charge in [0.15, 0.2) is 5.82 Å². The molecule has 0 bridgehead atoms. The zero-order valence-electron chi connectivity index (χ0n) is 13.6. The number of carbonyl (C=O) groups is 2. The molecular weight excluding hydrogens is 347 g/mol. The van der Waals surface area contributed by atoms with Crippen LogP contribution in [0.2, 0.25) is 0 Å². The average molecular weight is 361 g/mol. The summed E-state index contributed by atoms with van der Waals surface area (Å²) in [7, 11) is 3.89. The van der Waals surface area contributed by atoms with Crippen LogP contribution in [0.5, 0.6) is 0 Å². The molecule has 0 fully saturated rings. The molecule has 1 aromatic rings. The van der Waals surface area contributed by atoms with Gasteiger partial charge in [0.2, 0.25) is 11.6 Å². The van der Waals surface area contributed by atoms with E-state index in [9.17, 15) is 32.9 Å². The normalized spacial score (nSPS) is 11.4. The maximum atomic E-state index is 14.3. The number of nitro benzene ring substituents is 1. The van der Waals surface area contributed by atoms with Gasteiger partial charge in [-0.15, -0.1) is 0 Å². The number of Topliss-reactive ketones (excluding diaryl/α,β-unsaturated/α-hetero) is 1. The number of esters is 1. The van der Waals surface area contributed by atoms with E-state index in [-0.39, 0.29) is 0 Å². The number of nitro groups is 1. The molecule has 0 heterocycles. The highest BCUT2D eigenvalue weighted by Gasteiger charge is 2.37. The Labute approximate surface area is 140 Å². The minimum absolute atomic E-state index is 0.799. The van der Waals surface area contributed by atoms with Gasteiger partial charge in [0.25, 0.3) is 0 Å². The Morgan fingerprint density at radius 2 is 1.76 bits per heavy atom. The number of rotatable bonds is 6. The molecule has 136 valence electrons. The summed E-state index contributed by atoms with van der Waals surface area (Å²) in [6.45, 7) is 0.799. The molecule has 0 spiro atoms. The molecule has 0 atom stereocenters. The Morgan fingerprint density at radius 1 is 1.20 bits per heavy atom. The number of nitrogens with zero attached hydrogens (tertiary/aromatic N) is 2. The van der Waals surface area contributed by atoms with Crippen molar-refractivity contribution in [2.45, 2.75) is 6.92 Å². The molecular formula is C14H14F3N3O5. The first-order valence-electron chi connectivity index (χ1n) is 6.62. The third-order valence-corrected chi connectivity index (χ3v) is 3.04. The Morgan fingerprint density at radius 3 is 2.20 bits per heavy atom. The van der Waals surface area contributed by atoms with Crippen LogP contribution in [0, 0.1) is 34.5 Å². The van der Waals surface area contributed by atoms with E-state index in [4.69, 9.17) is 0 Å². The molecule has 0 saturated heterocycles. The number of hydrazine groups is 1. The van der Waals surface area contributed by atoms with Crippen molar-refractivity contribution in [3.63, 3.8) is 0 Å². The Balaban J connectivity index is 3.72. The molecule has 0 unspecified atom stereocenters. The first-order valence-corrected chi connectivity index (χ1v) is 6.62. The van der Waals surface area contributed by atoms with Crippen molar-refractivity contribution in [1.82, 2.24) is 10.4 Å². The lowest BCUT2D eigenvalue weighted by molar-refractivity contribution is -0.388. The van der Waals surface area contributed by atoms with Crippen LogP contribution >= 0.6 is 0 Å². The minimum atomic E-state index is -2.00. The molecule has 0 aliphatic rings. The Bertz CT molecular complexity index is 778. The second-order valence-corrected chi connectivity index (χ2v) is 4.95. The second kappa shape index (κ2) is 7.75. The number of nitrogens with one attached hydrogen (secondary N) is 1. The van der Waals surface area contributed by atoms with E-state index in [2.05, 4.69) is 10.2 Å². The Kier molecular flexibility index (Phi) is 6.23. The van der Waals surface area contributed by atoms with E-state index >= 15 is 0 Å². The van der Waals surface area contributed by atoms with Crippen LogP contribution in [0.3, 0.4) is 0 Å². The van der Waals surface area contributed by atoms with Crippen LogP contribution in [-0.4, -0.2) is 42.9 Å². The van der Waals surface area contributed by atoms with Crippen molar-refractivity contribution >= 4 is 17.4 Å². The van der Waals surface area contributed by atoms with Gasteiger partial charge in [-0.3, -0.25) is 14.9 Å². The number of halogens is 3. The number of hydrogen-bond donors (Lipinski definition) is 1. The maximum absolute atomic E-state index is 14.3. The summed E-state index contributed by atoms with van der Waals surface area (Å²) in [5, 5.41) is 12.3. The van der Waals surface area contributed by atoms with Crippen molar-refractivity contribution in [1.29, 1.82) is 0 Å². The zero-order valence-corrected chi connectivity index (χ0v) is 13.6. The van der Waals surface area contributed by atoms with E-state index < -0.39 is 56.5 Å². The molecule has 0 aromatic heterocycles. The van der Waals surface area contributed by atoms with E-state index in [1.165, 1.54) is 19.1 Å². The highest BCUT2D eigenvalue weighted by atomic mass is 19.2. The van der Waals surface area contributed by atoms with Crippen molar-refractivity contribution in [2.75, 3.05) is 21.2 Å². The lowest BCUT2D eigenvalue weighted by Gasteiger charge is -2.12. The third-order valence-electron chi connectivity index (χ3n) is 3.04. The van der Waals surface area contributed by atoms with Crippen molar-refractivity contribution in [3.8, 4) is 0 Å². The van der Waals surface area contributed by atoms with Crippen molar-refractivity contribution in [2.24, 2.45) is 0 Å². The number of methoxy groups -OCH3 is 1. The fraction of sp³-hybridized carbons (Fsp3) is 0.286. The lowest BCUT2D eigenvalue weighted by atomic mass is 9.98. The minimum Gasteiger partial charge on any atom is -0.465 e. The summed E-state index contributed by atoms with van der Waals surface area (Å²) in [5.74, 6) is -8.23. The first-order chi connectivity index (χ1) is 11.5. The molecule has 11 heteroatoms. The van der Waals surface area contributed by atoms with E-state index in [0.717, 1.165) is 20.2 Å². The monoisotopic (exact) mass is 361 g/mol. The van der Waals surface area contributed by atoms with E-state index in [1.807, 2.05) is 0 Å². The zero-order chi connectivity index (χ0) is 19.5. The predicted molar refractivity (Wildman–Crippen MR) is 79.0 cm³/mol. The number of ketones is 1. The van der Waals surface area contributed by atoms with Gasteiger partial charge < -0.3 is 10.2 Å². The Hall–Kier alpha value is -2.95. The molecule has 0 aliphatic carbocycles. The summed E-state index contributed by atoms with van der Waals surface area (Å²) < 4.78 is 46.1. The van der Waals surface area contributed by atoms with Gasteiger partial charge in [-0.1, -0.05) is 0 Å². The molecule has 0 radical (unpaired) electrons. The highest BCUT2D eigenvalue weighted by Crippen LogP contribution is 2.32. The molecule has 25 heavy (non-hydrogen) atoms. The summed E-state index contributed by atoms with van der Waals surface area (Å²) in [6.07, 6.45) is 0.800. The number of hydrogen-bond acceptors (Lipinski definition) is 7. The fourth-order valence-electron chi connectivity index (χ4n) is 1.80. The van der Waals surface area contributed by atoms with E-state index in [0.29, 0.717) is 0 Å². The van der Waals surface area contributed by atoms with Crippen molar-refractivity contribution in [3.05, 3.63) is 50.5 Å². The van der Waals surface area contributed by atoms with E-state index in [1.54, 1.807) is 0 Å². The van der Waals surface area contributed by atoms with Gasteiger partial charge in [0.1, 0.15) is 17.0 Å². The summed E-state index contributed by atoms with van der Waals surface area (Å²) in [6, 6.07) is 0. The smallest absolute Gasteiger partial charge is 0.343 e. The first kappa shape index (κ1) is 20.1. The standard InChI is InChI=1S/C14H14F3N3O5/c1-6-9(15)8(12(20(23)24)11(17)10(6)16)13(21)7(14(22)25-4)5-18-19(2)3/h5,18H,1-4H3/b7-5+. The largest absolute Gasteiger partial charge is 0.465 e. The van der Waals surface area contributed by atoms with Gasteiger partial charge in [0, 0.05) is 25.9 Å². The SMILES string of the molecule is COC(=O)/C(=C/NN(C)C)C(=O)c1c(F)c(C)c(F)c(F)c1[N+](=O)[O-]. The second-order valence-electron chi connectivity index (χ2n) is 4.95. The molecule has 8 nitrogen and oxygen atoms in total. The quantitative estimate of drug-likeness (QED) is 0.120. The molecule has 0 aliphatic heterocycles. The fourth-order valence-corrected chi connectivity index (χ4v) is 1.80. The van der Waals surface area contributed by atoms with Crippen LogP contribution in [-0.2, 0) is 9.53 Å². The molecule has 0 amide bonds. The van der Waals surface area contributed by atoms with Crippen LogP contribution in [0.1, 0.15) is 15.9 Å². The summed E-state index contributed by atoms with van der Waals surface area (Å²) in [4.78, 5) is 33.8. The lowest BCUT2D eigenvalue weighted by Crippen LogP contribution is -2.28. The van der Waals surface area contributed by atoms with Crippen LogP contribution in [0.4, 0.5) is 18.9 Å². The number of benzene rings is 1. The van der Waals surface area contributed by atoms with Crippen LogP contribution in [0.15, 0.2) is 11.8 Å². The van der Waals surface area contributed by atoms with Gasteiger partial charge in [-0.25, -0.2) is 18.6 Å². The van der Waals surface area contributed by atoms with Gasteiger partial charge in [0.05, 0.1) is 12.0 Å². The maximum Gasteiger partial charge on any atom is 0.343 e. The molecule has 0 saturated carbocycles. The van der Waals surface area contributed by atoms with Crippen molar-refractivity contribution < 1.29 is 32.4 Å². The topological polar surface area (TPSA) is 102 Å². The predicted octanol–water partition coefficient (Wildman–Crippen LogP) is 1.63. The average Bonchev–Trinajstić information content (AvgIpc) is 2.54. The molecule has 1 N–H and O–H groups in total. The van der Waals surface area contributed by atoms with Gasteiger partial charge in [-0.05, 0) is 6.92 Å². The molecule has 1 rings (SSSR count). The summed E-state index contributed by atoms with van der Waals surface area (Å²) >= 11 is 0. The summed E-state index contributed by atoms with van der Waals surface area (Å²) in [5.41, 5.74) is -2.45. The number of carbonyl (C=O) groups excluding carboxylic acids is 2. The van der Waals surface area contributed by atoms with Gasteiger partial charge >= 0.3 is 11.7 Å². The van der Waals surface area contributed by atoms with Gasteiger partial charge in [-0.2, -0.15) is 4.39 Å². The third kappa shape index (κ3) is 3.94. The van der Waals surface area contributed by atoms with Crippen LogP contribution < -0.4 is 5.43 Å².